The number of hydrogen-bond acceptors (Lipinski definition) is 4. The first-order valence-electron chi connectivity index (χ1n) is 8.07. The van der Waals surface area contributed by atoms with Crippen molar-refractivity contribution >= 4 is 5.97 Å². The lowest BCUT2D eigenvalue weighted by Crippen LogP contribution is -2.27. The van der Waals surface area contributed by atoms with Gasteiger partial charge in [-0.05, 0) is 50.5 Å². The second-order valence-electron chi connectivity index (χ2n) is 6.41. The van der Waals surface area contributed by atoms with Crippen LogP contribution in [0.25, 0.3) is 0 Å². The predicted octanol–water partition coefficient (Wildman–Crippen LogP) is 2.12. The van der Waals surface area contributed by atoms with Gasteiger partial charge in [0.05, 0.1) is 18.5 Å². The number of nitrogens with zero attached hydrogens (tertiary/aromatic N) is 2. The minimum atomic E-state index is -0.276. The van der Waals surface area contributed by atoms with Gasteiger partial charge in [0.1, 0.15) is 5.56 Å². The van der Waals surface area contributed by atoms with Gasteiger partial charge in [-0.25, -0.2) is 4.79 Å². The lowest BCUT2D eigenvalue weighted by Gasteiger charge is -2.22. The first-order chi connectivity index (χ1) is 10.2. The van der Waals surface area contributed by atoms with E-state index in [2.05, 4.69) is 10.4 Å². The highest BCUT2D eigenvalue weighted by atomic mass is 16.5. The van der Waals surface area contributed by atoms with Crippen LogP contribution in [-0.4, -0.2) is 28.9 Å². The second kappa shape index (κ2) is 6.18. The number of ether oxygens (including phenoxy) is 1. The molecule has 0 aliphatic heterocycles. The number of aryl methyl sites for hydroxylation is 1. The molecule has 0 aromatic carbocycles. The Hall–Kier alpha value is -1.36. The van der Waals surface area contributed by atoms with Gasteiger partial charge in [-0.3, -0.25) is 4.68 Å². The van der Waals surface area contributed by atoms with E-state index < -0.39 is 0 Å². The highest BCUT2D eigenvalue weighted by Gasteiger charge is 2.38. The average molecular weight is 291 g/mol. The summed E-state index contributed by atoms with van der Waals surface area (Å²) in [5, 5.41) is 7.71. The Kier molecular flexibility index (Phi) is 4.29. The van der Waals surface area contributed by atoms with Crippen LogP contribution in [0, 0.1) is 17.8 Å². The molecule has 0 spiro atoms. The van der Waals surface area contributed by atoms with Crippen LogP contribution in [0.1, 0.15) is 48.7 Å². The SMILES string of the molecule is CCOC(=O)c1cnn(C)c1CNCC1CC2CCC1C2. The summed E-state index contributed by atoms with van der Waals surface area (Å²) in [6.07, 6.45) is 7.28. The first kappa shape index (κ1) is 14.6. The summed E-state index contributed by atoms with van der Waals surface area (Å²) >= 11 is 0. The van der Waals surface area contributed by atoms with Gasteiger partial charge < -0.3 is 10.1 Å². The van der Waals surface area contributed by atoms with Crippen LogP contribution >= 0.6 is 0 Å². The zero-order chi connectivity index (χ0) is 14.8. The minimum absolute atomic E-state index is 0.276. The lowest BCUT2D eigenvalue weighted by atomic mass is 9.89. The molecule has 0 saturated heterocycles. The van der Waals surface area contributed by atoms with Crippen LogP contribution in [0.15, 0.2) is 6.20 Å². The van der Waals surface area contributed by atoms with Crippen molar-refractivity contribution < 1.29 is 9.53 Å². The van der Waals surface area contributed by atoms with Crippen molar-refractivity contribution in [2.24, 2.45) is 24.8 Å². The van der Waals surface area contributed by atoms with Crippen LogP contribution in [-0.2, 0) is 18.3 Å². The number of rotatable bonds is 6. The second-order valence-corrected chi connectivity index (χ2v) is 6.41. The standard InChI is InChI=1S/C16H25N3O2/c1-3-21-16(20)14-9-18-19(2)15(14)10-17-8-13-7-11-4-5-12(13)6-11/h9,11-13,17H,3-8,10H2,1-2H3. The molecule has 3 atom stereocenters. The molecule has 2 aliphatic rings. The maximum atomic E-state index is 11.9. The van der Waals surface area contributed by atoms with Crippen molar-refractivity contribution in [2.75, 3.05) is 13.2 Å². The lowest BCUT2D eigenvalue weighted by molar-refractivity contribution is 0.0524. The fraction of sp³-hybridized carbons (Fsp3) is 0.750. The Morgan fingerprint density at radius 3 is 3.00 bits per heavy atom. The van der Waals surface area contributed by atoms with Crippen molar-refractivity contribution in [3.05, 3.63) is 17.5 Å². The highest BCUT2D eigenvalue weighted by Crippen LogP contribution is 2.47. The Balaban J connectivity index is 1.55. The summed E-state index contributed by atoms with van der Waals surface area (Å²) in [5.74, 6) is 2.46. The van der Waals surface area contributed by atoms with Crippen molar-refractivity contribution in [2.45, 2.75) is 39.2 Å². The van der Waals surface area contributed by atoms with E-state index in [0.717, 1.165) is 30.0 Å². The number of carbonyl (C=O) groups excluding carboxylic acids is 1. The van der Waals surface area contributed by atoms with Gasteiger partial charge in [-0.2, -0.15) is 5.10 Å². The van der Waals surface area contributed by atoms with Crippen LogP contribution < -0.4 is 5.32 Å². The maximum absolute atomic E-state index is 11.9. The molecule has 2 fully saturated rings. The summed E-state index contributed by atoms with van der Waals surface area (Å²) in [7, 11) is 1.87. The molecule has 2 bridgehead atoms. The van der Waals surface area contributed by atoms with Crippen LogP contribution in [0.5, 0.6) is 0 Å². The molecule has 116 valence electrons. The van der Waals surface area contributed by atoms with Gasteiger partial charge in [0.15, 0.2) is 0 Å². The molecular formula is C16H25N3O2. The smallest absolute Gasteiger partial charge is 0.341 e. The van der Waals surface area contributed by atoms with E-state index in [0.29, 0.717) is 18.7 Å². The van der Waals surface area contributed by atoms with E-state index in [9.17, 15) is 4.79 Å². The molecule has 2 aliphatic carbocycles. The van der Waals surface area contributed by atoms with Crippen molar-refractivity contribution in [1.29, 1.82) is 0 Å². The molecule has 0 amide bonds. The van der Waals surface area contributed by atoms with Gasteiger partial charge in [0.2, 0.25) is 0 Å². The summed E-state index contributed by atoms with van der Waals surface area (Å²) in [6.45, 7) is 3.94. The third kappa shape index (κ3) is 2.98. The molecule has 1 aromatic heterocycles. The summed E-state index contributed by atoms with van der Waals surface area (Å²) in [5.41, 5.74) is 1.50. The van der Waals surface area contributed by atoms with Crippen LogP contribution in [0.3, 0.4) is 0 Å². The van der Waals surface area contributed by atoms with Crippen molar-refractivity contribution in [1.82, 2.24) is 15.1 Å². The van der Waals surface area contributed by atoms with Gasteiger partial charge in [0, 0.05) is 13.6 Å². The van der Waals surface area contributed by atoms with Crippen molar-refractivity contribution in [3.63, 3.8) is 0 Å². The summed E-state index contributed by atoms with van der Waals surface area (Å²) < 4.78 is 6.85. The number of aromatic nitrogens is 2. The Morgan fingerprint density at radius 1 is 1.48 bits per heavy atom. The molecule has 21 heavy (non-hydrogen) atoms. The zero-order valence-electron chi connectivity index (χ0n) is 13.0. The fourth-order valence-electron chi connectivity index (χ4n) is 4.05. The highest BCUT2D eigenvalue weighted by molar-refractivity contribution is 5.90. The average Bonchev–Trinajstić information content (AvgIpc) is 3.16. The molecule has 5 heteroatoms. The van der Waals surface area contributed by atoms with Crippen LogP contribution in [0.2, 0.25) is 0 Å². The molecular weight excluding hydrogens is 266 g/mol. The number of carbonyl (C=O) groups is 1. The Morgan fingerprint density at radius 2 is 2.33 bits per heavy atom. The molecule has 3 unspecified atom stereocenters. The van der Waals surface area contributed by atoms with E-state index >= 15 is 0 Å². The van der Waals surface area contributed by atoms with E-state index in [1.165, 1.54) is 25.7 Å². The molecule has 1 heterocycles. The minimum Gasteiger partial charge on any atom is -0.462 e. The van der Waals surface area contributed by atoms with E-state index in [1.54, 1.807) is 10.9 Å². The third-order valence-electron chi connectivity index (χ3n) is 5.14. The summed E-state index contributed by atoms with van der Waals surface area (Å²) in [6, 6.07) is 0. The van der Waals surface area contributed by atoms with Gasteiger partial charge in [0.25, 0.3) is 0 Å². The number of fused-ring (bicyclic) bond motifs is 2. The largest absolute Gasteiger partial charge is 0.462 e. The zero-order valence-corrected chi connectivity index (χ0v) is 13.0. The number of esters is 1. The molecule has 1 N–H and O–H groups in total. The molecule has 0 radical (unpaired) electrons. The number of nitrogens with one attached hydrogen (secondary N) is 1. The predicted molar refractivity (Wildman–Crippen MR) is 79.8 cm³/mol. The first-order valence-corrected chi connectivity index (χ1v) is 8.07. The quantitative estimate of drug-likeness (QED) is 0.816. The Labute approximate surface area is 126 Å². The Bertz CT molecular complexity index is 512. The van der Waals surface area contributed by atoms with Gasteiger partial charge in [-0.1, -0.05) is 6.42 Å². The number of hydrogen-bond donors (Lipinski definition) is 1. The summed E-state index contributed by atoms with van der Waals surface area (Å²) in [4.78, 5) is 11.9. The molecule has 1 aromatic rings. The topological polar surface area (TPSA) is 56.1 Å². The van der Waals surface area contributed by atoms with E-state index in [-0.39, 0.29) is 5.97 Å². The third-order valence-corrected chi connectivity index (χ3v) is 5.14. The molecule has 2 saturated carbocycles. The monoisotopic (exact) mass is 291 g/mol. The maximum Gasteiger partial charge on any atom is 0.341 e. The fourth-order valence-corrected chi connectivity index (χ4v) is 4.05. The molecule has 3 rings (SSSR count). The van der Waals surface area contributed by atoms with Crippen LogP contribution in [0.4, 0.5) is 0 Å². The normalized spacial score (nSPS) is 27.2. The molecule has 5 nitrogen and oxygen atoms in total. The van der Waals surface area contributed by atoms with Crippen molar-refractivity contribution in [3.8, 4) is 0 Å². The van der Waals surface area contributed by atoms with Gasteiger partial charge >= 0.3 is 5.97 Å². The van der Waals surface area contributed by atoms with E-state index in [1.807, 2.05) is 14.0 Å². The van der Waals surface area contributed by atoms with E-state index in [4.69, 9.17) is 4.74 Å². The van der Waals surface area contributed by atoms with Gasteiger partial charge in [-0.15, -0.1) is 0 Å².